The third-order valence-corrected chi connectivity index (χ3v) is 4.88. The predicted molar refractivity (Wildman–Crippen MR) is 108 cm³/mol. The lowest BCUT2D eigenvalue weighted by Crippen LogP contribution is -2.55. The second-order valence-corrected chi connectivity index (χ2v) is 8.32. The van der Waals surface area contributed by atoms with Gasteiger partial charge < -0.3 is 9.64 Å². The third-order valence-electron chi connectivity index (χ3n) is 4.88. The van der Waals surface area contributed by atoms with Crippen LogP contribution in [0.3, 0.4) is 0 Å². The molecule has 1 fully saturated rings. The molecule has 1 aliphatic heterocycles. The van der Waals surface area contributed by atoms with E-state index in [0.717, 1.165) is 13.1 Å². The highest BCUT2D eigenvalue weighted by atomic mass is 16.6. The number of benzene rings is 2. The summed E-state index contributed by atoms with van der Waals surface area (Å²) in [6.45, 7) is 10.2. The van der Waals surface area contributed by atoms with Gasteiger partial charge in [-0.25, -0.2) is 4.79 Å². The van der Waals surface area contributed by atoms with Crippen LogP contribution in [0.1, 0.15) is 44.9 Å². The van der Waals surface area contributed by atoms with Crippen LogP contribution in [-0.2, 0) is 11.3 Å². The molecule has 2 atom stereocenters. The Hall–Kier alpha value is -2.33. The maximum absolute atomic E-state index is 12.8. The zero-order chi connectivity index (χ0) is 19.4. The molecule has 1 amide bonds. The number of hydrogen-bond donors (Lipinski definition) is 0. The minimum Gasteiger partial charge on any atom is -0.444 e. The first kappa shape index (κ1) is 19.4. The predicted octanol–water partition coefficient (Wildman–Crippen LogP) is 4.87. The van der Waals surface area contributed by atoms with Gasteiger partial charge in [0, 0.05) is 25.7 Å². The van der Waals surface area contributed by atoms with Crippen molar-refractivity contribution in [2.45, 2.75) is 51.9 Å². The molecule has 4 heteroatoms. The van der Waals surface area contributed by atoms with Gasteiger partial charge >= 0.3 is 6.09 Å². The van der Waals surface area contributed by atoms with Crippen LogP contribution in [0.15, 0.2) is 60.7 Å². The van der Waals surface area contributed by atoms with Crippen molar-refractivity contribution in [3.8, 4) is 0 Å². The third kappa shape index (κ3) is 5.10. The van der Waals surface area contributed by atoms with Gasteiger partial charge in [0.05, 0.1) is 6.04 Å². The number of ether oxygens (including phenoxy) is 1. The Kier molecular flexibility index (Phi) is 5.85. The van der Waals surface area contributed by atoms with E-state index in [1.807, 2.05) is 37.8 Å². The lowest BCUT2D eigenvalue weighted by Gasteiger charge is -2.45. The van der Waals surface area contributed by atoms with Crippen molar-refractivity contribution in [1.29, 1.82) is 0 Å². The molecule has 0 N–H and O–H groups in total. The van der Waals surface area contributed by atoms with E-state index < -0.39 is 5.60 Å². The number of rotatable bonds is 3. The highest BCUT2D eigenvalue weighted by Gasteiger charge is 2.36. The van der Waals surface area contributed by atoms with Crippen molar-refractivity contribution in [1.82, 2.24) is 9.80 Å². The van der Waals surface area contributed by atoms with Crippen LogP contribution in [0, 0.1) is 0 Å². The van der Waals surface area contributed by atoms with Crippen molar-refractivity contribution >= 4 is 6.09 Å². The van der Waals surface area contributed by atoms with E-state index in [1.165, 1.54) is 11.1 Å². The maximum Gasteiger partial charge on any atom is 0.410 e. The first-order valence-electron chi connectivity index (χ1n) is 9.66. The van der Waals surface area contributed by atoms with Crippen LogP contribution >= 0.6 is 0 Å². The van der Waals surface area contributed by atoms with Gasteiger partial charge in [-0.3, -0.25) is 4.90 Å². The maximum atomic E-state index is 12.8. The second kappa shape index (κ2) is 8.13. The summed E-state index contributed by atoms with van der Waals surface area (Å²) in [4.78, 5) is 17.1. The quantitative estimate of drug-likeness (QED) is 0.777. The zero-order valence-corrected chi connectivity index (χ0v) is 16.8. The van der Waals surface area contributed by atoms with Crippen molar-refractivity contribution in [2.24, 2.45) is 0 Å². The summed E-state index contributed by atoms with van der Waals surface area (Å²) in [7, 11) is 0. The van der Waals surface area contributed by atoms with Gasteiger partial charge in [-0.15, -0.1) is 0 Å². The molecule has 1 heterocycles. The van der Waals surface area contributed by atoms with E-state index in [2.05, 4.69) is 60.4 Å². The Morgan fingerprint density at radius 3 is 2.19 bits per heavy atom. The molecule has 4 nitrogen and oxygen atoms in total. The van der Waals surface area contributed by atoms with Gasteiger partial charge in [-0.1, -0.05) is 60.7 Å². The molecule has 2 aromatic rings. The summed E-state index contributed by atoms with van der Waals surface area (Å²) in [5.41, 5.74) is 2.03. The summed E-state index contributed by atoms with van der Waals surface area (Å²) in [5.74, 6) is 0. The summed E-state index contributed by atoms with van der Waals surface area (Å²) in [5, 5.41) is 0. The van der Waals surface area contributed by atoms with Crippen molar-refractivity contribution < 1.29 is 9.53 Å². The minimum atomic E-state index is -0.486. The molecule has 3 rings (SSSR count). The lowest BCUT2D eigenvalue weighted by atomic mass is 9.99. The molecule has 0 radical (unpaired) electrons. The average Bonchev–Trinajstić information content (AvgIpc) is 2.62. The molecule has 1 saturated heterocycles. The second-order valence-electron chi connectivity index (χ2n) is 8.32. The van der Waals surface area contributed by atoms with Gasteiger partial charge in [0.15, 0.2) is 0 Å². The van der Waals surface area contributed by atoms with Crippen LogP contribution in [0.25, 0.3) is 0 Å². The standard InChI is InChI=1S/C23H30N2O2/c1-18-15-24(16-19-11-7-5-8-12-19)21(20-13-9-6-10-14-20)17-25(18)22(26)27-23(2,3)4/h5-14,18,21H,15-17H2,1-4H3/t18-,21-/m1/s1. The monoisotopic (exact) mass is 366 g/mol. The van der Waals surface area contributed by atoms with E-state index in [9.17, 15) is 4.79 Å². The van der Waals surface area contributed by atoms with Gasteiger partial charge in [0.1, 0.15) is 5.60 Å². The Balaban J connectivity index is 1.83. The first-order valence-corrected chi connectivity index (χ1v) is 9.66. The fourth-order valence-corrected chi connectivity index (χ4v) is 3.61. The molecular weight excluding hydrogens is 336 g/mol. The Morgan fingerprint density at radius 1 is 1.00 bits per heavy atom. The van der Waals surface area contributed by atoms with E-state index in [1.54, 1.807) is 0 Å². The van der Waals surface area contributed by atoms with Gasteiger partial charge in [0.2, 0.25) is 0 Å². The Morgan fingerprint density at radius 2 is 1.59 bits per heavy atom. The molecule has 2 aromatic carbocycles. The number of nitrogens with zero attached hydrogens (tertiary/aromatic N) is 2. The van der Waals surface area contributed by atoms with Gasteiger partial charge in [-0.2, -0.15) is 0 Å². The first-order chi connectivity index (χ1) is 12.8. The zero-order valence-electron chi connectivity index (χ0n) is 16.8. The van der Waals surface area contributed by atoms with Gasteiger partial charge in [-0.05, 0) is 38.8 Å². The molecule has 0 aromatic heterocycles. The van der Waals surface area contributed by atoms with Crippen LogP contribution < -0.4 is 0 Å². The average molecular weight is 367 g/mol. The molecule has 27 heavy (non-hydrogen) atoms. The van der Waals surface area contributed by atoms with E-state index >= 15 is 0 Å². The molecule has 0 aliphatic carbocycles. The molecular formula is C23H30N2O2. The number of piperazine rings is 1. The Labute approximate surface area is 162 Å². The van der Waals surface area contributed by atoms with Crippen molar-refractivity contribution in [2.75, 3.05) is 13.1 Å². The molecule has 0 unspecified atom stereocenters. The van der Waals surface area contributed by atoms with Crippen LogP contribution in [0.2, 0.25) is 0 Å². The topological polar surface area (TPSA) is 32.8 Å². The summed E-state index contributed by atoms with van der Waals surface area (Å²) in [6, 6.07) is 21.2. The number of carbonyl (C=O) groups excluding carboxylic acids is 1. The van der Waals surface area contributed by atoms with Crippen molar-refractivity contribution in [3.05, 3.63) is 71.8 Å². The van der Waals surface area contributed by atoms with Crippen LogP contribution in [0.4, 0.5) is 4.79 Å². The SMILES string of the molecule is C[C@@H]1CN(Cc2ccccc2)[C@@H](c2ccccc2)CN1C(=O)OC(C)(C)C. The fourth-order valence-electron chi connectivity index (χ4n) is 3.61. The number of carbonyl (C=O) groups is 1. The largest absolute Gasteiger partial charge is 0.444 e. The summed E-state index contributed by atoms with van der Waals surface area (Å²) < 4.78 is 5.65. The number of hydrogen-bond acceptors (Lipinski definition) is 3. The van der Waals surface area contributed by atoms with Crippen molar-refractivity contribution in [3.63, 3.8) is 0 Å². The van der Waals surface area contributed by atoms with E-state index in [4.69, 9.17) is 4.74 Å². The molecule has 0 saturated carbocycles. The molecule has 0 bridgehead atoms. The normalized spacial score (nSPS) is 21.1. The Bertz CT molecular complexity index is 740. The van der Waals surface area contributed by atoms with E-state index in [0.29, 0.717) is 6.54 Å². The van der Waals surface area contributed by atoms with Gasteiger partial charge in [0.25, 0.3) is 0 Å². The summed E-state index contributed by atoms with van der Waals surface area (Å²) in [6.07, 6.45) is -0.227. The number of amides is 1. The molecule has 144 valence electrons. The van der Waals surface area contributed by atoms with E-state index in [-0.39, 0.29) is 18.2 Å². The highest BCUT2D eigenvalue weighted by Crippen LogP contribution is 2.30. The summed E-state index contributed by atoms with van der Waals surface area (Å²) >= 11 is 0. The smallest absolute Gasteiger partial charge is 0.410 e. The highest BCUT2D eigenvalue weighted by molar-refractivity contribution is 5.69. The molecule has 1 aliphatic rings. The fraction of sp³-hybridized carbons (Fsp3) is 0.435. The molecule has 0 spiro atoms. The van der Waals surface area contributed by atoms with Crippen LogP contribution in [0.5, 0.6) is 0 Å². The van der Waals surface area contributed by atoms with Crippen LogP contribution in [-0.4, -0.2) is 40.6 Å². The minimum absolute atomic E-state index is 0.100. The lowest BCUT2D eigenvalue weighted by molar-refractivity contribution is -0.0150.